The van der Waals surface area contributed by atoms with Crippen LogP contribution in [0.3, 0.4) is 0 Å². The summed E-state index contributed by atoms with van der Waals surface area (Å²) in [5, 5.41) is 3.25. The highest BCUT2D eigenvalue weighted by Gasteiger charge is 2.18. The van der Waals surface area contributed by atoms with Crippen LogP contribution in [-0.4, -0.2) is 13.1 Å². The van der Waals surface area contributed by atoms with Crippen molar-refractivity contribution in [3.05, 3.63) is 21.9 Å². The summed E-state index contributed by atoms with van der Waals surface area (Å²) in [4.78, 5) is 2.64. The van der Waals surface area contributed by atoms with Crippen molar-refractivity contribution in [2.75, 3.05) is 13.1 Å². The van der Waals surface area contributed by atoms with Gasteiger partial charge in [0.05, 0.1) is 12.6 Å². The average Bonchev–Trinajstić information content (AvgIpc) is 2.68. The van der Waals surface area contributed by atoms with Gasteiger partial charge in [0.2, 0.25) is 0 Å². The van der Waals surface area contributed by atoms with Crippen LogP contribution >= 0.6 is 11.3 Å². The Kier molecular flexibility index (Phi) is 4.55. The van der Waals surface area contributed by atoms with Crippen LogP contribution in [0.15, 0.2) is 12.1 Å². The maximum absolute atomic E-state index is 5.74. The second kappa shape index (κ2) is 5.49. The molecular weight excluding hydrogens is 216 g/mol. The summed E-state index contributed by atoms with van der Waals surface area (Å²) in [5.74, 6) is 2.58. The van der Waals surface area contributed by atoms with E-state index in [2.05, 4.69) is 44.1 Å². The fourth-order valence-electron chi connectivity index (χ4n) is 1.43. The van der Waals surface area contributed by atoms with Crippen molar-refractivity contribution in [1.29, 1.82) is 0 Å². The van der Waals surface area contributed by atoms with Crippen molar-refractivity contribution >= 4 is 11.3 Å². The molecule has 0 amide bonds. The van der Waals surface area contributed by atoms with Gasteiger partial charge in [-0.15, -0.1) is 17.8 Å². The zero-order chi connectivity index (χ0) is 12.2. The Morgan fingerprint density at radius 2 is 2.19 bits per heavy atom. The first-order chi connectivity index (χ1) is 7.49. The zero-order valence-electron chi connectivity index (χ0n) is 10.2. The lowest BCUT2D eigenvalue weighted by atomic mass is 9.95. The molecule has 0 aliphatic rings. The molecule has 0 saturated carbocycles. The SMILES string of the molecule is C#CCNC(CN)c1ccc(C(C)(C)C)s1. The summed E-state index contributed by atoms with van der Waals surface area (Å²) < 4.78 is 0. The molecule has 88 valence electrons. The van der Waals surface area contributed by atoms with Crippen LogP contribution in [0.1, 0.15) is 36.6 Å². The lowest BCUT2D eigenvalue weighted by Crippen LogP contribution is -2.27. The molecule has 0 aliphatic heterocycles. The number of nitrogens with two attached hydrogens (primary N) is 1. The van der Waals surface area contributed by atoms with Gasteiger partial charge < -0.3 is 5.73 Å². The van der Waals surface area contributed by atoms with E-state index in [9.17, 15) is 0 Å². The van der Waals surface area contributed by atoms with Crippen molar-refractivity contribution in [3.63, 3.8) is 0 Å². The normalized spacial score (nSPS) is 13.4. The lowest BCUT2D eigenvalue weighted by molar-refractivity contribution is 0.591. The standard InChI is InChI=1S/C13H20N2S/c1-5-8-15-10(9-14)11-6-7-12(16-11)13(2,3)4/h1,6-7,10,15H,8-9,14H2,2-4H3. The number of nitrogens with one attached hydrogen (secondary N) is 1. The van der Waals surface area contributed by atoms with E-state index >= 15 is 0 Å². The van der Waals surface area contributed by atoms with E-state index < -0.39 is 0 Å². The van der Waals surface area contributed by atoms with E-state index in [1.807, 2.05) is 11.3 Å². The van der Waals surface area contributed by atoms with Gasteiger partial charge in [-0.3, -0.25) is 5.32 Å². The third-order valence-electron chi connectivity index (χ3n) is 2.40. The Morgan fingerprint density at radius 3 is 2.62 bits per heavy atom. The Morgan fingerprint density at radius 1 is 1.50 bits per heavy atom. The van der Waals surface area contributed by atoms with E-state index in [4.69, 9.17) is 12.2 Å². The van der Waals surface area contributed by atoms with Crippen molar-refractivity contribution in [3.8, 4) is 12.3 Å². The van der Waals surface area contributed by atoms with E-state index in [-0.39, 0.29) is 11.5 Å². The van der Waals surface area contributed by atoms with Crippen molar-refractivity contribution < 1.29 is 0 Å². The van der Waals surface area contributed by atoms with Gasteiger partial charge in [0.1, 0.15) is 0 Å². The summed E-state index contributed by atoms with van der Waals surface area (Å²) in [5.41, 5.74) is 5.94. The lowest BCUT2D eigenvalue weighted by Gasteiger charge is -2.16. The molecule has 1 unspecified atom stereocenters. The highest BCUT2D eigenvalue weighted by Crippen LogP contribution is 2.31. The number of hydrogen-bond acceptors (Lipinski definition) is 3. The molecule has 1 heterocycles. The molecule has 0 radical (unpaired) electrons. The molecule has 0 saturated heterocycles. The summed E-state index contributed by atoms with van der Waals surface area (Å²) in [7, 11) is 0. The largest absolute Gasteiger partial charge is 0.329 e. The quantitative estimate of drug-likeness (QED) is 0.787. The Bertz CT molecular complexity index is 368. The third kappa shape index (κ3) is 3.34. The van der Waals surface area contributed by atoms with E-state index in [1.54, 1.807) is 0 Å². The van der Waals surface area contributed by atoms with E-state index in [0.29, 0.717) is 13.1 Å². The van der Waals surface area contributed by atoms with Gasteiger partial charge in [-0.2, -0.15) is 0 Å². The molecule has 0 fully saturated rings. The predicted molar refractivity (Wildman–Crippen MR) is 71.7 cm³/mol. The van der Waals surface area contributed by atoms with Gasteiger partial charge in [0, 0.05) is 16.3 Å². The summed E-state index contributed by atoms with van der Waals surface area (Å²) in [6.07, 6.45) is 5.23. The van der Waals surface area contributed by atoms with Crippen LogP contribution in [0.2, 0.25) is 0 Å². The highest BCUT2D eigenvalue weighted by molar-refractivity contribution is 7.12. The van der Waals surface area contributed by atoms with Gasteiger partial charge in [0.25, 0.3) is 0 Å². The first-order valence-corrected chi connectivity index (χ1v) is 6.28. The second-order valence-electron chi connectivity index (χ2n) is 4.83. The van der Waals surface area contributed by atoms with Gasteiger partial charge in [-0.1, -0.05) is 26.7 Å². The van der Waals surface area contributed by atoms with Crippen LogP contribution in [-0.2, 0) is 5.41 Å². The topological polar surface area (TPSA) is 38.0 Å². The van der Waals surface area contributed by atoms with Crippen LogP contribution in [0.5, 0.6) is 0 Å². The summed E-state index contributed by atoms with van der Waals surface area (Å²) >= 11 is 1.81. The molecule has 2 nitrogen and oxygen atoms in total. The molecule has 1 atom stereocenters. The number of terminal acetylenes is 1. The van der Waals surface area contributed by atoms with Gasteiger partial charge in [-0.05, 0) is 17.5 Å². The molecule has 1 rings (SSSR count). The first-order valence-electron chi connectivity index (χ1n) is 5.46. The Labute approximate surface area is 102 Å². The van der Waals surface area contributed by atoms with Gasteiger partial charge in [-0.25, -0.2) is 0 Å². The number of thiophene rings is 1. The molecular formula is C13H20N2S. The van der Waals surface area contributed by atoms with Crippen LogP contribution in [0.4, 0.5) is 0 Å². The fraction of sp³-hybridized carbons (Fsp3) is 0.538. The van der Waals surface area contributed by atoms with Gasteiger partial charge >= 0.3 is 0 Å². The second-order valence-corrected chi connectivity index (χ2v) is 5.94. The average molecular weight is 236 g/mol. The third-order valence-corrected chi connectivity index (χ3v) is 4.02. The van der Waals surface area contributed by atoms with Crippen molar-refractivity contribution in [2.24, 2.45) is 5.73 Å². The molecule has 1 aromatic heterocycles. The molecule has 3 heteroatoms. The fourth-order valence-corrected chi connectivity index (χ4v) is 2.58. The molecule has 3 N–H and O–H groups in total. The Hall–Kier alpha value is -0.820. The predicted octanol–water partition coefficient (Wildman–Crippen LogP) is 2.27. The summed E-state index contributed by atoms with van der Waals surface area (Å²) in [6.45, 7) is 7.79. The van der Waals surface area contributed by atoms with Gasteiger partial charge in [0.15, 0.2) is 0 Å². The Balaban J connectivity index is 2.79. The summed E-state index contributed by atoms with van der Waals surface area (Å²) in [6, 6.07) is 4.50. The minimum atomic E-state index is 0.178. The first kappa shape index (κ1) is 13.2. The van der Waals surface area contributed by atoms with E-state index in [0.717, 1.165) is 0 Å². The minimum Gasteiger partial charge on any atom is -0.329 e. The van der Waals surface area contributed by atoms with Crippen molar-refractivity contribution in [1.82, 2.24) is 5.32 Å². The molecule has 1 aromatic rings. The van der Waals surface area contributed by atoms with Crippen LogP contribution in [0.25, 0.3) is 0 Å². The molecule has 0 spiro atoms. The monoisotopic (exact) mass is 236 g/mol. The smallest absolute Gasteiger partial charge is 0.0579 e. The van der Waals surface area contributed by atoms with Crippen LogP contribution < -0.4 is 11.1 Å². The minimum absolute atomic E-state index is 0.178. The molecule has 0 aromatic carbocycles. The maximum Gasteiger partial charge on any atom is 0.0579 e. The van der Waals surface area contributed by atoms with E-state index in [1.165, 1.54) is 9.75 Å². The number of rotatable bonds is 4. The number of hydrogen-bond donors (Lipinski definition) is 2. The van der Waals surface area contributed by atoms with Crippen LogP contribution in [0, 0.1) is 12.3 Å². The maximum atomic E-state index is 5.74. The van der Waals surface area contributed by atoms with Crippen molar-refractivity contribution in [2.45, 2.75) is 32.2 Å². The molecule has 16 heavy (non-hydrogen) atoms. The molecule has 0 bridgehead atoms. The zero-order valence-corrected chi connectivity index (χ0v) is 11.0. The highest BCUT2D eigenvalue weighted by atomic mass is 32.1. The molecule has 0 aliphatic carbocycles.